The van der Waals surface area contributed by atoms with E-state index in [1.165, 1.54) is 5.56 Å². The van der Waals surface area contributed by atoms with E-state index in [0.717, 1.165) is 26.9 Å². The van der Waals surface area contributed by atoms with Crippen LogP contribution in [0.1, 0.15) is 5.56 Å². The topological polar surface area (TPSA) is 47.1 Å². The molecule has 1 N–H and O–H groups in total. The highest BCUT2D eigenvalue weighted by molar-refractivity contribution is 9.10. The molecule has 0 unspecified atom stereocenters. The summed E-state index contributed by atoms with van der Waals surface area (Å²) in [5.74, 6) is 2.14. The molecule has 0 amide bonds. The van der Waals surface area contributed by atoms with Gasteiger partial charge in [-0.1, -0.05) is 6.07 Å². The van der Waals surface area contributed by atoms with E-state index in [1.54, 1.807) is 14.2 Å². The molecule has 3 aromatic rings. The molecule has 0 bridgehead atoms. The van der Waals surface area contributed by atoms with Crippen LogP contribution in [-0.4, -0.2) is 24.2 Å². The Bertz CT molecular complexity index is 811. The fourth-order valence-electron chi connectivity index (χ4n) is 2.31. The molecule has 1 aromatic heterocycles. The van der Waals surface area contributed by atoms with Gasteiger partial charge in [-0.3, -0.25) is 0 Å². The molecular formula is C16H15BrN2O2. The minimum Gasteiger partial charge on any atom is -0.493 e. The van der Waals surface area contributed by atoms with Crippen molar-refractivity contribution in [2.45, 2.75) is 6.92 Å². The third-order valence-corrected chi connectivity index (χ3v) is 3.93. The fourth-order valence-corrected chi connectivity index (χ4v) is 2.92. The molecule has 0 radical (unpaired) electrons. The summed E-state index contributed by atoms with van der Waals surface area (Å²) in [7, 11) is 3.24. The summed E-state index contributed by atoms with van der Waals surface area (Å²) >= 11 is 3.51. The first-order chi connectivity index (χ1) is 10.1. The number of hydrogen-bond acceptors (Lipinski definition) is 3. The molecule has 0 fully saturated rings. The second-order valence-corrected chi connectivity index (χ2v) is 5.65. The Morgan fingerprint density at radius 1 is 1.10 bits per heavy atom. The molecule has 108 valence electrons. The molecule has 3 rings (SSSR count). The first kappa shape index (κ1) is 13.9. The van der Waals surface area contributed by atoms with Crippen LogP contribution in [0, 0.1) is 6.92 Å². The first-order valence-electron chi connectivity index (χ1n) is 6.50. The van der Waals surface area contributed by atoms with Crippen molar-refractivity contribution in [1.82, 2.24) is 9.97 Å². The van der Waals surface area contributed by atoms with Crippen molar-refractivity contribution in [2.24, 2.45) is 0 Å². The average Bonchev–Trinajstić information content (AvgIpc) is 2.89. The number of benzene rings is 2. The molecule has 4 nitrogen and oxygen atoms in total. The van der Waals surface area contributed by atoms with Gasteiger partial charge in [-0.2, -0.15) is 0 Å². The Morgan fingerprint density at radius 2 is 1.90 bits per heavy atom. The van der Waals surface area contributed by atoms with Gasteiger partial charge in [0.2, 0.25) is 0 Å². The van der Waals surface area contributed by atoms with E-state index in [-0.39, 0.29) is 0 Å². The van der Waals surface area contributed by atoms with Gasteiger partial charge in [0.1, 0.15) is 5.82 Å². The van der Waals surface area contributed by atoms with Gasteiger partial charge >= 0.3 is 0 Å². The molecule has 0 saturated carbocycles. The summed E-state index contributed by atoms with van der Waals surface area (Å²) in [6, 6.07) is 10.0. The Hall–Kier alpha value is -2.01. The molecule has 1 heterocycles. The number of aromatic amines is 1. The number of imidazole rings is 1. The Balaban J connectivity index is 2.15. The lowest BCUT2D eigenvalue weighted by Gasteiger charge is -2.10. The second kappa shape index (κ2) is 5.41. The first-order valence-corrected chi connectivity index (χ1v) is 7.30. The van der Waals surface area contributed by atoms with Gasteiger partial charge in [0, 0.05) is 5.56 Å². The zero-order valence-electron chi connectivity index (χ0n) is 12.0. The Labute approximate surface area is 131 Å². The number of nitrogens with zero attached hydrogens (tertiary/aromatic N) is 1. The third-order valence-electron chi connectivity index (χ3n) is 3.34. The molecule has 0 atom stereocenters. The third kappa shape index (κ3) is 2.49. The molecule has 0 spiro atoms. The van der Waals surface area contributed by atoms with Gasteiger partial charge in [0.05, 0.1) is 29.7 Å². The zero-order chi connectivity index (χ0) is 15.0. The van der Waals surface area contributed by atoms with E-state index in [0.29, 0.717) is 11.5 Å². The predicted molar refractivity (Wildman–Crippen MR) is 87.1 cm³/mol. The monoisotopic (exact) mass is 346 g/mol. The maximum absolute atomic E-state index is 5.38. The zero-order valence-corrected chi connectivity index (χ0v) is 13.6. The van der Waals surface area contributed by atoms with E-state index >= 15 is 0 Å². The average molecular weight is 347 g/mol. The number of hydrogen-bond donors (Lipinski definition) is 1. The molecule has 2 aromatic carbocycles. The number of methoxy groups -OCH3 is 2. The highest BCUT2D eigenvalue weighted by Crippen LogP contribution is 2.39. The molecule has 5 heteroatoms. The van der Waals surface area contributed by atoms with E-state index in [4.69, 9.17) is 9.47 Å². The largest absolute Gasteiger partial charge is 0.493 e. The number of fused-ring (bicyclic) bond motifs is 1. The maximum atomic E-state index is 5.38. The van der Waals surface area contributed by atoms with Crippen LogP contribution in [-0.2, 0) is 0 Å². The van der Waals surface area contributed by atoms with Crippen LogP contribution in [0.15, 0.2) is 34.8 Å². The summed E-state index contributed by atoms with van der Waals surface area (Å²) in [6.45, 7) is 2.06. The number of aromatic nitrogens is 2. The summed E-state index contributed by atoms with van der Waals surface area (Å²) in [6.07, 6.45) is 0. The Kier molecular flexibility index (Phi) is 3.59. The van der Waals surface area contributed by atoms with Crippen molar-refractivity contribution in [1.29, 1.82) is 0 Å². The fraction of sp³-hybridized carbons (Fsp3) is 0.188. The summed E-state index contributed by atoms with van der Waals surface area (Å²) in [5, 5.41) is 0. The second-order valence-electron chi connectivity index (χ2n) is 4.80. The Morgan fingerprint density at radius 3 is 2.62 bits per heavy atom. The van der Waals surface area contributed by atoms with E-state index < -0.39 is 0 Å². The van der Waals surface area contributed by atoms with Crippen LogP contribution in [0.3, 0.4) is 0 Å². The minimum absolute atomic E-state index is 0.665. The molecule has 0 saturated heterocycles. The number of rotatable bonds is 3. The molecule has 0 aliphatic heterocycles. The lowest BCUT2D eigenvalue weighted by atomic mass is 10.2. The van der Waals surface area contributed by atoms with Crippen LogP contribution in [0.2, 0.25) is 0 Å². The van der Waals surface area contributed by atoms with Crippen molar-refractivity contribution in [2.75, 3.05) is 14.2 Å². The van der Waals surface area contributed by atoms with Crippen molar-refractivity contribution in [3.63, 3.8) is 0 Å². The van der Waals surface area contributed by atoms with Crippen LogP contribution >= 0.6 is 15.9 Å². The standard InChI is InChI=1S/C16H15BrN2O2/c1-9-4-5-12-13(6-9)19-16(18-12)10-7-11(17)15(21-3)14(8-10)20-2/h4-8H,1-3H3,(H,18,19). The lowest BCUT2D eigenvalue weighted by molar-refractivity contribution is 0.353. The highest BCUT2D eigenvalue weighted by atomic mass is 79.9. The van der Waals surface area contributed by atoms with Gasteiger partial charge in [-0.15, -0.1) is 0 Å². The van der Waals surface area contributed by atoms with E-state index in [1.807, 2.05) is 18.2 Å². The van der Waals surface area contributed by atoms with Crippen molar-refractivity contribution in [3.8, 4) is 22.9 Å². The number of ether oxygens (including phenoxy) is 2. The van der Waals surface area contributed by atoms with Crippen LogP contribution in [0.4, 0.5) is 0 Å². The SMILES string of the molecule is COc1cc(-c2nc3ccc(C)cc3[nH]2)cc(Br)c1OC. The van der Waals surface area contributed by atoms with E-state index in [9.17, 15) is 0 Å². The van der Waals surface area contributed by atoms with Gasteiger partial charge in [0.25, 0.3) is 0 Å². The van der Waals surface area contributed by atoms with Crippen LogP contribution in [0.5, 0.6) is 11.5 Å². The molecule has 21 heavy (non-hydrogen) atoms. The minimum atomic E-state index is 0.665. The van der Waals surface area contributed by atoms with Gasteiger partial charge < -0.3 is 14.5 Å². The number of H-pyrrole nitrogens is 1. The molecule has 0 aliphatic carbocycles. The van der Waals surface area contributed by atoms with Crippen molar-refractivity contribution >= 4 is 27.0 Å². The van der Waals surface area contributed by atoms with Gasteiger partial charge in [-0.25, -0.2) is 4.98 Å². The summed E-state index contributed by atoms with van der Waals surface area (Å²) in [4.78, 5) is 7.96. The quantitative estimate of drug-likeness (QED) is 0.768. The maximum Gasteiger partial charge on any atom is 0.174 e. The van der Waals surface area contributed by atoms with Crippen molar-refractivity contribution in [3.05, 3.63) is 40.4 Å². The van der Waals surface area contributed by atoms with E-state index in [2.05, 4.69) is 45.0 Å². The smallest absolute Gasteiger partial charge is 0.174 e. The molecule has 0 aliphatic rings. The van der Waals surface area contributed by atoms with Gasteiger partial charge in [0.15, 0.2) is 11.5 Å². The molecular weight excluding hydrogens is 332 g/mol. The number of aryl methyl sites for hydroxylation is 1. The summed E-state index contributed by atoms with van der Waals surface area (Å²) < 4.78 is 11.5. The number of nitrogens with one attached hydrogen (secondary N) is 1. The predicted octanol–water partition coefficient (Wildman–Crippen LogP) is 4.32. The summed E-state index contributed by atoms with van der Waals surface area (Å²) in [5.41, 5.74) is 4.11. The van der Waals surface area contributed by atoms with Crippen molar-refractivity contribution < 1.29 is 9.47 Å². The van der Waals surface area contributed by atoms with Gasteiger partial charge in [-0.05, 0) is 52.7 Å². The van der Waals surface area contributed by atoms with Crippen LogP contribution < -0.4 is 9.47 Å². The lowest BCUT2D eigenvalue weighted by Crippen LogP contribution is -1.93. The normalized spacial score (nSPS) is 10.9. The number of halogens is 1. The highest BCUT2D eigenvalue weighted by Gasteiger charge is 2.13. The van der Waals surface area contributed by atoms with Crippen LogP contribution in [0.25, 0.3) is 22.4 Å².